The Hall–Kier alpha value is -1.40. The third-order valence-corrected chi connectivity index (χ3v) is 3.02. The molecule has 1 N–H and O–H groups in total. The SMILES string of the molecule is CNc1nnc(CN(C)Cc2ccco2)s1. The van der Waals surface area contributed by atoms with Crippen LogP contribution in [0.1, 0.15) is 10.8 Å². The van der Waals surface area contributed by atoms with E-state index >= 15 is 0 Å². The maximum Gasteiger partial charge on any atom is 0.205 e. The van der Waals surface area contributed by atoms with Crippen molar-refractivity contribution in [3.8, 4) is 0 Å². The zero-order chi connectivity index (χ0) is 11.4. The van der Waals surface area contributed by atoms with Crippen molar-refractivity contribution in [2.45, 2.75) is 13.1 Å². The number of rotatable bonds is 5. The van der Waals surface area contributed by atoms with E-state index in [2.05, 4.69) is 20.4 Å². The Morgan fingerprint density at radius 2 is 2.31 bits per heavy atom. The van der Waals surface area contributed by atoms with Crippen LogP contribution in [0.2, 0.25) is 0 Å². The first kappa shape index (κ1) is 11.1. The molecule has 0 aliphatic carbocycles. The van der Waals surface area contributed by atoms with Gasteiger partial charge in [0.2, 0.25) is 5.13 Å². The molecule has 2 aromatic heterocycles. The maximum absolute atomic E-state index is 5.28. The second-order valence-corrected chi connectivity index (χ2v) is 4.56. The van der Waals surface area contributed by atoms with Gasteiger partial charge in [0.1, 0.15) is 10.8 Å². The molecule has 0 aromatic carbocycles. The molecule has 2 rings (SSSR count). The van der Waals surface area contributed by atoms with Gasteiger partial charge in [0, 0.05) is 7.05 Å². The average molecular weight is 238 g/mol. The van der Waals surface area contributed by atoms with Crippen molar-refractivity contribution >= 4 is 16.5 Å². The summed E-state index contributed by atoms with van der Waals surface area (Å²) >= 11 is 1.57. The molecule has 0 saturated heterocycles. The lowest BCUT2D eigenvalue weighted by atomic mass is 10.4. The molecule has 0 radical (unpaired) electrons. The summed E-state index contributed by atoms with van der Waals surface area (Å²) in [4.78, 5) is 2.14. The molecule has 6 heteroatoms. The lowest BCUT2D eigenvalue weighted by Crippen LogP contribution is -2.16. The monoisotopic (exact) mass is 238 g/mol. The zero-order valence-electron chi connectivity index (χ0n) is 9.30. The first-order valence-corrected chi connectivity index (χ1v) is 5.80. The minimum Gasteiger partial charge on any atom is -0.468 e. The lowest BCUT2D eigenvalue weighted by molar-refractivity contribution is 0.287. The Balaban J connectivity index is 1.89. The summed E-state index contributed by atoms with van der Waals surface area (Å²) in [5.74, 6) is 0.959. The number of anilines is 1. The van der Waals surface area contributed by atoms with Crippen molar-refractivity contribution < 1.29 is 4.42 Å². The van der Waals surface area contributed by atoms with Crippen LogP contribution in [0.4, 0.5) is 5.13 Å². The van der Waals surface area contributed by atoms with Gasteiger partial charge in [0.15, 0.2) is 0 Å². The summed E-state index contributed by atoms with van der Waals surface area (Å²) in [5, 5.41) is 12.9. The van der Waals surface area contributed by atoms with E-state index in [0.29, 0.717) is 0 Å². The number of nitrogens with one attached hydrogen (secondary N) is 1. The van der Waals surface area contributed by atoms with E-state index in [1.54, 1.807) is 17.6 Å². The largest absolute Gasteiger partial charge is 0.468 e. The van der Waals surface area contributed by atoms with Gasteiger partial charge in [-0.1, -0.05) is 11.3 Å². The van der Waals surface area contributed by atoms with Gasteiger partial charge in [0.05, 0.1) is 19.4 Å². The molecular formula is C10H14N4OS. The Labute approximate surface area is 98.1 Å². The second-order valence-electron chi connectivity index (χ2n) is 3.50. The zero-order valence-corrected chi connectivity index (χ0v) is 10.1. The summed E-state index contributed by atoms with van der Waals surface area (Å²) in [6, 6.07) is 3.86. The van der Waals surface area contributed by atoms with Crippen LogP contribution in [-0.4, -0.2) is 29.2 Å². The number of hydrogen-bond acceptors (Lipinski definition) is 6. The topological polar surface area (TPSA) is 54.2 Å². The van der Waals surface area contributed by atoms with Crippen LogP contribution in [-0.2, 0) is 13.1 Å². The van der Waals surface area contributed by atoms with Gasteiger partial charge in [-0.2, -0.15) is 0 Å². The van der Waals surface area contributed by atoms with Gasteiger partial charge in [-0.3, -0.25) is 4.90 Å². The first-order chi connectivity index (χ1) is 7.78. The normalized spacial score (nSPS) is 10.9. The molecule has 0 bridgehead atoms. The fourth-order valence-corrected chi connectivity index (χ4v) is 2.15. The number of furan rings is 1. The fourth-order valence-electron chi connectivity index (χ4n) is 1.37. The van der Waals surface area contributed by atoms with Gasteiger partial charge in [0.25, 0.3) is 0 Å². The van der Waals surface area contributed by atoms with Crippen LogP contribution in [0.15, 0.2) is 22.8 Å². The van der Waals surface area contributed by atoms with E-state index in [1.165, 1.54) is 0 Å². The van der Waals surface area contributed by atoms with E-state index in [9.17, 15) is 0 Å². The molecule has 5 nitrogen and oxygen atoms in total. The molecule has 0 spiro atoms. The predicted molar refractivity (Wildman–Crippen MR) is 63.3 cm³/mol. The molecule has 2 aromatic rings. The summed E-state index contributed by atoms with van der Waals surface area (Å²) in [6.07, 6.45) is 1.69. The van der Waals surface area contributed by atoms with Crippen molar-refractivity contribution in [3.05, 3.63) is 29.2 Å². The van der Waals surface area contributed by atoms with Crippen LogP contribution in [0, 0.1) is 0 Å². The predicted octanol–water partition coefficient (Wildman–Crippen LogP) is 1.80. The third-order valence-electron chi connectivity index (χ3n) is 2.09. The molecular weight excluding hydrogens is 224 g/mol. The molecule has 0 amide bonds. The van der Waals surface area contributed by atoms with Crippen molar-refractivity contribution in [2.24, 2.45) is 0 Å². The highest BCUT2D eigenvalue weighted by Crippen LogP contribution is 2.16. The van der Waals surface area contributed by atoms with Crippen molar-refractivity contribution in [1.82, 2.24) is 15.1 Å². The van der Waals surface area contributed by atoms with Gasteiger partial charge in [-0.25, -0.2) is 0 Å². The minimum atomic E-state index is 0.778. The number of aromatic nitrogens is 2. The van der Waals surface area contributed by atoms with Gasteiger partial charge in [-0.15, -0.1) is 10.2 Å². The Morgan fingerprint density at radius 3 is 2.94 bits per heavy atom. The molecule has 86 valence electrons. The first-order valence-electron chi connectivity index (χ1n) is 4.99. The molecule has 0 atom stereocenters. The standard InChI is InChI=1S/C10H14N4OS/c1-11-10-13-12-9(16-10)7-14(2)6-8-4-3-5-15-8/h3-5H,6-7H2,1-2H3,(H,11,13). The maximum atomic E-state index is 5.28. The van der Waals surface area contributed by atoms with E-state index in [-0.39, 0.29) is 0 Å². The van der Waals surface area contributed by atoms with Gasteiger partial charge >= 0.3 is 0 Å². The summed E-state index contributed by atoms with van der Waals surface area (Å²) in [6.45, 7) is 1.56. The molecule has 0 saturated carbocycles. The fraction of sp³-hybridized carbons (Fsp3) is 0.400. The van der Waals surface area contributed by atoms with Crippen LogP contribution >= 0.6 is 11.3 Å². The van der Waals surface area contributed by atoms with Crippen molar-refractivity contribution in [1.29, 1.82) is 0 Å². The highest BCUT2D eigenvalue weighted by atomic mass is 32.1. The quantitative estimate of drug-likeness (QED) is 0.861. The average Bonchev–Trinajstić information content (AvgIpc) is 2.89. The van der Waals surface area contributed by atoms with E-state index < -0.39 is 0 Å². The lowest BCUT2D eigenvalue weighted by Gasteiger charge is -2.12. The van der Waals surface area contributed by atoms with Crippen LogP contribution in [0.25, 0.3) is 0 Å². The van der Waals surface area contributed by atoms with E-state index in [1.807, 2.05) is 26.2 Å². The van der Waals surface area contributed by atoms with Crippen LogP contribution < -0.4 is 5.32 Å². The highest BCUT2D eigenvalue weighted by molar-refractivity contribution is 7.15. The van der Waals surface area contributed by atoms with Crippen molar-refractivity contribution in [3.63, 3.8) is 0 Å². The molecule has 2 heterocycles. The number of nitrogens with zero attached hydrogens (tertiary/aromatic N) is 3. The molecule has 0 fully saturated rings. The van der Waals surface area contributed by atoms with E-state index in [4.69, 9.17) is 4.42 Å². The Bertz CT molecular complexity index is 426. The Kier molecular flexibility index (Phi) is 3.53. The van der Waals surface area contributed by atoms with Crippen LogP contribution in [0.5, 0.6) is 0 Å². The molecule has 16 heavy (non-hydrogen) atoms. The van der Waals surface area contributed by atoms with Gasteiger partial charge in [-0.05, 0) is 19.2 Å². The molecule has 0 aliphatic rings. The van der Waals surface area contributed by atoms with Crippen LogP contribution in [0.3, 0.4) is 0 Å². The smallest absolute Gasteiger partial charge is 0.205 e. The molecule has 0 unspecified atom stereocenters. The second kappa shape index (κ2) is 5.09. The third kappa shape index (κ3) is 2.80. The van der Waals surface area contributed by atoms with Gasteiger partial charge < -0.3 is 9.73 Å². The summed E-state index contributed by atoms with van der Waals surface area (Å²) in [5.41, 5.74) is 0. The van der Waals surface area contributed by atoms with E-state index in [0.717, 1.165) is 29.0 Å². The summed E-state index contributed by atoms with van der Waals surface area (Å²) < 4.78 is 5.28. The molecule has 0 aliphatic heterocycles. The minimum absolute atomic E-state index is 0.778. The number of hydrogen-bond donors (Lipinski definition) is 1. The summed E-state index contributed by atoms with van der Waals surface area (Å²) in [7, 11) is 3.87. The van der Waals surface area contributed by atoms with Crippen molar-refractivity contribution in [2.75, 3.05) is 19.4 Å². The highest BCUT2D eigenvalue weighted by Gasteiger charge is 2.07. The Morgan fingerprint density at radius 1 is 1.44 bits per heavy atom.